The number of fused-ring (bicyclic) bond motifs is 2. The van der Waals surface area contributed by atoms with Crippen LogP contribution in [0, 0.1) is 0 Å². The van der Waals surface area contributed by atoms with E-state index in [9.17, 15) is 4.79 Å². The maximum atomic E-state index is 12.9. The molecule has 0 saturated carbocycles. The van der Waals surface area contributed by atoms with E-state index in [-0.39, 0.29) is 11.8 Å². The fraction of sp³-hybridized carbons (Fsp3) is 0.261. The first-order valence-corrected chi connectivity index (χ1v) is 9.90. The van der Waals surface area contributed by atoms with Crippen molar-refractivity contribution < 1.29 is 19.0 Å². The largest absolute Gasteiger partial charge is 0.497 e. The summed E-state index contributed by atoms with van der Waals surface area (Å²) >= 11 is 6.35. The summed E-state index contributed by atoms with van der Waals surface area (Å²) < 4.78 is 16.6. The lowest BCUT2D eigenvalue weighted by Gasteiger charge is -2.16. The van der Waals surface area contributed by atoms with Gasteiger partial charge in [0.05, 0.1) is 37.0 Å². The molecule has 0 unspecified atom stereocenters. The summed E-state index contributed by atoms with van der Waals surface area (Å²) in [6, 6.07) is 15.3. The van der Waals surface area contributed by atoms with Crippen molar-refractivity contribution >= 4 is 34.0 Å². The van der Waals surface area contributed by atoms with Gasteiger partial charge < -0.3 is 19.5 Å². The average molecular weight is 412 g/mol. The van der Waals surface area contributed by atoms with Crippen molar-refractivity contribution in [3.63, 3.8) is 0 Å². The van der Waals surface area contributed by atoms with Crippen LogP contribution in [0.1, 0.15) is 24.8 Å². The Bertz CT molecular complexity index is 1070. The van der Waals surface area contributed by atoms with Crippen LogP contribution in [0.25, 0.3) is 10.8 Å². The maximum Gasteiger partial charge on any atom is 0.231 e. The standard InChI is InChI=1S/C23H22ClNO4/c1-14(15-4-5-17-11-18(27-2)7-6-16(17)10-15)23(26)25-20-13-22-21(12-19(20)24)28-8-3-9-29-22/h4-7,10-14H,3,8-9H2,1-2H3,(H,25,26)/t14-/m0/s1. The van der Waals surface area contributed by atoms with Crippen molar-refractivity contribution in [3.05, 3.63) is 59.1 Å². The summed E-state index contributed by atoms with van der Waals surface area (Å²) in [5, 5.41) is 5.45. The smallest absolute Gasteiger partial charge is 0.231 e. The van der Waals surface area contributed by atoms with Gasteiger partial charge in [-0.2, -0.15) is 0 Å². The molecule has 1 amide bonds. The number of methoxy groups -OCH3 is 1. The van der Waals surface area contributed by atoms with Crippen LogP contribution in [0.4, 0.5) is 5.69 Å². The van der Waals surface area contributed by atoms with Crippen molar-refractivity contribution in [1.29, 1.82) is 0 Å². The second kappa shape index (κ2) is 8.21. The molecule has 3 aromatic carbocycles. The summed E-state index contributed by atoms with van der Waals surface area (Å²) in [7, 11) is 1.65. The highest BCUT2D eigenvalue weighted by molar-refractivity contribution is 6.34. The second-order valence-electron chi connectivity index (χ2n) is 7.01. The van der Waals surface area contributed by atoms with Gasteiger partial charge in [0.15, 0.2) is 11.5 Å². The number of anilines is 1. The first-order valence-electron chi connectivity index (χ1n) is 9.53. The van der Waals surface area contributed by atoms with Crippen molar-refractivity contribution in [2.45, 2.75) is 19.3 Å². The minimum absolute atomic E-state index is 0.144. The predicted octanol–water partition coefficient (Wildman–Crippen LogP) is 5.41. The summed E-state index contributed by atoms with van der Waals surface area (Å²) in [6.45, 7) is 3.02. The highest BCUT2D eigenvalue weighted by Crippen LogP contribution is 2.38. The molecule has 150 valence electrons. The van der Waals surface area contributed by atoms with Crippen LogP contribution >= 0.6 is 11.6 Å². The van der Waals surface area contributed by atoms with E-state index in [1.807, 2.05) is 43.3 Å². The molecule has 6 heteroatoms. The maximum absolute atomic E-state index is 12.9. The van der Waals surface area contributed by atoms with Gasteiger partial charge in [0, 0.05) is 18.6 Å². The minimum Gasteiger partial charge on any atom is -0.497 e. The van der Waals surface area contributed by atoms with Crippen LogP contribution in [0.3, 0.4) is 0 Å². The zero-order valence-electron chi connectivity index (χ0n) is 16.3. The first kappa shape index (κ1) is 19.4. The van der Waals surface area contributed by atoms with Crippen LogP contribution in [-0.4, -0.2) is 26.2 Å². The van der Waals surface area contributed by atoms with Gasteiger partial charge in [-0.15, -0.1) is 0 Å². The molecule has 5 nitrogen and oxygen atoms in total. The fourth-order valence-electron chi connectivity index (χ4n) is 3.31. The lowest BCUT2D eigenvalue weighted by Crippen LogP contribution is -2.19. The summed E-state index contributed by atoms with van der Waals surface area (Å²) in [5.41, 5.74) is 1.43. The van der Waals surface area contributed by atoms with E-state index in [1.54, 1.807) is 19.2 Å². The van der Waals surface area contributed by atoms with Gasteiger partial charge in [0.25, 0.3) is 0 Å². The summed E-state index contributed by atoms with van der Waals surface area (Å²) in [4.78, 5) is 12.9. The number of nitrogens with one attached hydrogen (secondary N) is 1. The molecule has 1 heterocycles. The molecule has 3 aromatic rings. The van der Waals surface area contributed by atoms with Crippen LogP contribution in [-0.2, 0) is 4.79 Å². The molecular weight excluding hydrogens is 390 g/mol. The molecule has 4 rings (SSSR count). The van der Waals surface area contributed by atoms with E-state index in [2.05, 4.69) is 5.32 Å². The Morgan fingerprint density at radius 1 is 1.03 bits per heavy atom. The molecule has 0 aliphatic carbocycles. The number of benzene rings is 3. The SMILES string of the molecule is COc1ccc2cc([C@H](C)C(=O)Nc3cc4c(cc3Cl)OCCCO4)ccc2c1. The van der Waals surface area contributed by atoms with Gasteiger partial charge >= 0.3 is 0 Å². The van der Waals surface area contributed by atoms with Gasteiger partial charge in [-0.3, -0.25) is 4.79 Å². The molecule has 1 aliphatic rings. The quantitative estimate of drug-likeness (QED) is 0.624. The molecule has 0 radical (unpaired) electrons. The third-order valence-electron chi connectivity index (χ3n) is 5.06. The first-order chi connectivity index (χ1) is 14.0. The van der Waals surface area contributed by atoms with E-state index < -0.39 is 0 Å². The molecule has 0 fully saturated rings. The Morgan fingerprint density at radius 3 is 2.48 bits per heavy atom. The molecule has 1 N–H and O–H groups in total. The number of hydrogen-bond donors (Lipinski definition) is 1. The fourth-order valence-corrected chi connectivity index (χ4v) is 3.51. The molecule has 0 aromatic heterocycles. The molecule has 0 bridgehead atoms. The van der Waals surface area contributed by atoms with Crippen LogP contribution in [0.5, 0.6) is 17.2 Å². The van der Waals surface area contributed by atoms with Crippen LogP contribution < -0.4 is 19.5 Å². The monoisotopic (exact) mass is 411 g/mol. The van der Waals surface area contributed by atoms with E-state index >= 15 is 0 Å². The van der Waals surface area contributed by atoms with Gasteiger partial charge in [0.1, 0.15) is 5.75 Å². The van der Waals surface area contributed by atoms with Gasteiger partial charge in [-0.1, -0.05) is 35.9 Å². The normalized spacial score (nSPS) is 14.2. The molecular formula is C23H22ClNO4. The zero-order valence-corrected chi connectivity index (χ0v) is 17.1. The number of carbonyl (C=O) groups excluding carboxylic acids is 1. The van der Waals surface area contributed by atoms with Gasteiger partial charge in [-0.25, -0.2) is 0 Å². The van der Waals surface area contributed by atoms with E-state index in [0.29, 0.717) is 35.4 Å². The third kappa shape index (κ3) is 4.10. The number of amides is 1. The van der Waals surface area contributed by atoms with Gasteiger partial charge in [0.2, 0.25) is 5.91 Å². The number of hydrogen-bond acceptors (Lipinski definition) is 4. The van der Waals surface area contributed by atoms with Crippen molar-refractivity contribution in [3.8, 4) is 17.2 Å². The number of rotatable bonds is 4. The predicted molar refractivity (Wildman–Crippen MR) is 115 cm³/mol. The van der Waals surface area contributed by atoms with Gasteiger partial charge in [-0.05, 0) is 35.4 Å². The zero-order chi connectivity index (χ0) is 20.4. The Kier molecular flexibility index (Phi) is 5.49. The lowest BCUT2D eigenvalue weighted by molar-refractivity contribution is -0.117. The highest BCUT2D eigenvalue weighted by Gasteiger charge is 2.20. The van der Waals surface area contributed by atoms with Crippen molar-refractivity contribution in [2.24, 2.45) is 0 Å². The van der Waals surface area contributed by atoms with Crippen molar-refractivity contribution in [2.75, 3.05) is 25.6 Å². The van der Waals surface area contributed by atoms with Crippen LogP contribution in [0.2, 0.25) is 5.02 Å². The molecule has 1 aliphatic heterocycles. The second-order valence-corrected chi connectivity index (χ2v) is 7.42. The molecule has 29 heavy (non-hydrogen) atoms. The Morgan fingerprint density at radius 2 is 1.72 bits per heavy atom. The number of halogens is 1. The topological polar surface area (TPSA) is 56.8 Å². The molecule has 0 spiro atoms. The average Bonchev–Trinajstić information content (AvgIpc) is 2.97. The Balaban J connectivity index is 1.55. The lowest BCUT2D eigenvalue weighted by atomic mass is 9.97. The van der Waals surface area contributed by atoms with Crippen molar-refractivity contribution in [1.82, 2.24) is 0 Å². The third-order valence-corrected chi connectivity index (χ3v) is 5.37. The van der Waals surface area contributed by atoms with Crippen LogP contribution in [0.15, 0.2) is 48.5 Å². The molecule has 1 atom stereocenters. The summed E-state index contributed by atoms with van der Waals surface area (Å²) in [5.74, 6) is 1.50. The van der Waals surface area contributed by atoms with E-state index in [0.717, 1.165) is 28.5 Å². The summed E-state index contributed by atoms with van der Waals surface area (Å²) in [6.07, 6.45) is 0.804. The Labute approximate surface area is 174 Å². The van der Waals surface area contributed by atoms with E-state index in [1.165, 1.54) is 0 Å². The highest BCUT2D eigenvalue weighted by atomic mass is 35.5. The molecule has 0 saturated heterocycles. The Hall–Kier alpha value is -2.92. The number of carbonyl (C=O) groups is 1. The number of ether oxygens (including phenoxy) is 3. The minimum atomic E-state index is -0.353. The van der Waals surface area contributed by atoms with E-state index in [4.69, 9.17) is 25.8 Å².